The Kier molecular flexibility index (Phi) is 93.0. The standard InChI is InChI=1S/Al.Mo.Nb.O.H. The van der Waals surface area contributed by atoms with E-state index in [9.17, 15) is 0 Å². The third-order valence-corrected chi connectivity index (χ3v) is 0. The molecule has 0 saturated carbocycles. The predicted molar refractivity (Wildman–Crippen MR) is 7.84 cm³/mol. The monoisotopic (exact) mass is 235 g/mol. The summed E-state index contributed by atoms with van der Waals surface area (Å²) in [6, 6.07) is 0. The molecule has 0 aliphatic rings. The van der Waals surface area contributed by atoms with E-state index in [0.29, 0.717) is 16.2 Å². The summed E-state index contributed by atoms with van der Waals surface area (Å²) in [5.74, 6) is 0. The van der Waals surface area contributed by atoms with Crippen LogP contribution in [0.1, 0.15) is 0 Å². The molecular formula is HAlMoNbO. The van der Waals surface area contributed by atoms with Crippen LogP contribution in [-0.2, 0) is 47.2 Å². The van der Waals surface area contributed by atoms with Crippen molar-refractivity contribution in [3.05, 3.63) is 0 Å². The number of hydrogen-bond donors (Lipinski definition) is 0. The average Bonchev–Trinajstić information content (AvgIpc) is 1.00. The summed E-state index contributed by atoms with van der Waals surface area (Å²) in [5, 5.41) is 0. The van der Waals surface area contributed by atoms with Gasteiger partial charge in [0.25, 0.3) is 0 Å². The van der Waals surface area contributed by atoms with E-state index in [2.05, 4.69) is 0 Å². The van der Waals surface area contributed by atoms with E-state index in [-0.39, 0.29) is 43.4 Å². The topological polar surface area (TPSA) is 17.1 Å². The molecule has 0 N–H and O–H groups in total. The van der Waals surface area contributed by atoms with Gasteiger partial charge in [0.1, 0.15) is 0 Å². The second-order valence-electron chi connectivity index (χ2n) is 0. The maximum absolute atomic E-state index is 8.28. The van der Waals surface area contributed by atoms with Gasteiger partial charge in [0.15, 0.2) is 0 Å². The SMILES string of the molecule is [Mo].[Nb].[O]=[AlH]. The van der Waals surface area contributed by atoms with Gasteiger partial charge in [-0.3, -0.25) is 0 Å². The fourth-order valence-electron chi connectivity index (χ4n) is 0. The Morgan fingerprint density at radius 1 is 1.25 bits per heavy atom. The Bertz CT molecular complexity index is 8.00. The summed E-state index contributed by atoms with van der Waals surface area (Å²) in [7, 11) is 0. The first-order valence-electron chi connectivity index (χ1n) is 0.289. The molecule has 4 heavy (non-hydrogen) atoms. The van der Waals surface area contributed by atoms with E-state index >= 15 is 0 Å². The van der Waals surface area contributed by atoms with E-state index < -0.39 is 0 Å². The Morgan fingerprint density at radius 3 is 1.25 bits per heavy atom. The molecule has 0 bridgehead atoms. The summed E-state index contributed by atoms with van der Waals surface area (Å²) < 4.78 is 8.28. The zero-order valence-corrected chi connectivity index (χ0v) is 7.59. The van der Waals surface area contributed by atoms with Gasteiger partial charge in [0.05, 0.1) is 0 Å². The minimum atomic E-state index is 0. The van der Waals surface area contributed by atoms with Gasteiger partial charge < -0.3 is 0 Å². The molecule has 0 unspecified atom stereocenters. The molecule has 1 nitrogen and oxygen atoms in total. The molecule has 0 spiro atoms. The summed E-state index contributed by atoms with van der Waals surface area (Å²) in [5.41, 5.74) is 0. The van der Waals surface area contributed by atoms with Crippen LogP contribution in [-0.4, -0.2) is 16.2 Å². The molecule has 4 heteroatoms. The van der Waals surface area contributed by atoms with Crippen molar-refractivity contribution in [2.45, 2.75) is 0 Å². The van der Waals surface area contributed by atoms with Crippen LogP contribution in [0, 0.1) is 0 Å². The molecule has 0 aliphatic carbocycles. The van der Waals surface area contributed by atoms with Gasteiger partial charge in [-0.1, -0.05) is 0 Å². The minimum absolute atomic E-state index is 0. The molecule has 0 aromatic heterocycles. The van der Waals surface area contributed by atoms with E-state index in [1.54, 1.807) is 0 Å². The Morgan fingerprint density at radius 2 is 1.25 bits per heavy atom. The normalized spacial score (nSPS) is 0.750. The first-order valence-corrected chi connectivity index (χ1v) is 0.866. The first-order chi connectivity index (χ1) is 1.00. The van der Waals surface area contributed by atoms with Crippen molar-refractivity contribution < 1.29 is 47.2 Å². The molecule has 0 fully saturated rings. The second kappa shape index (κ2) is 21.7. The molecule has 0 atom stereocenters. The van der Waals surface area contributed by atoms with Crippen molar-refractivity contribution in [2.75, 3.05) is 0 Å². The summed E-state index contributed by atoms with van der Waals surface area (Å²) in [4.78, 5) is 0. The predicted octanol–water partition coefficient (Wildman–Crippen LogP) is -0.772. The van der Waals surface area contributed by atoms with Crippen molar-refractivity contribution in [2.24, 2.45) is 0 Å². The second-order valence-corrected chi connectivity index (χ2v) is 0. The van der Waals surface area contributed by atoms with E-state index in [1.807, 2.05) is 0 Å². The molecule has 21 valence electrons. The van der Waals surface area contributed by atoms with E-state index in [4.69, 9.17) is 3.80 Å². The van der Waals surface area contributed by atoms with Crippen molar-refractivity contribution in [3.63, 3.8) is 0 Å². The zero-order chi connectivity index (χ0) is 2.00. The summed E-state index contributed by atoms with van der Waals surface area (Å²) >= 11 is 0.611. The zero-order valence-electron chi connectivity index (χ0n) is 1.97. The van der Waals surface area contributed by atoms with E-state index in [0.717, 1.165) is 0 Å². The van der Waals surface area contributed by atoms with Crippen molar-refractivity contribution >= 4 is 16.2 Å². The van der Waals surface area contributed by atoms with Crippen molar-refractivity contribution in [1.29, 1.82) is 0 Å². The third kappa shape index (κ3) is 9.25. The van der Waals surface area contributed by atoms with Gasteiger partial charge >= 0.3 is 20.0 Å². The fourth-order valence-corrected chi connectivity index (χ4v) is 0. The Labute approximate surface area is 62.9 Å². The molecule has 0 aliphatic heterocycles. The van der Waals surface area contributed by atoms with Crippen LogP contribution in [0.25, 0.3) is 0 Å². The molecule has 0 heterocycles. The Hall–Kier alpha value is 1.76. The molecule has 0 saturated heterocycles. The molecule has 1 radical (unpaired) electrons. The van der Waals surface area contributed by atoms with Gasteiger partial charge in [-0.2, -0.15) is 0 Å². The van der Waals surface area contributed by atoms with Gasteiger partial charge in [0.2, 0.25) is 0 Å². The molecular weight excluding hydrogens is 232 g/mol. The summed E-state index contributed by atoms with van der Waals surface area (Å²) in [6.07, 6.45) is 0. The van der Waals surface area contributed by atoms with Crippen LogP contribution in [0.2, 0.25) is 0 Å². The van der Waals surface area contributed by atoms with Crippen molar-refractivity contribution in [1.82, 2.24) is 0 Å². The fraction of sp³-hybridized carbons (Fsp3) is 0. The van der Waals surface area contributed by atoms with Crippen LogP contribution < -0.4 is 0 Å². The Balaban J connectivity index is -0.00000000500. The van der Waals surface area contributed by atoms with Crippen molar-refractivity contribution in [3.8, 4) is 0 Å². The molecule has 0 rings (SSSR count). The third-order valence-electron chi connectivity index (χ3n) is 0. The van der Waals surface area contributed by atoms with Crippen LogP contribution in [0.3, 0.4) is 0 Å². The number of hydrogen-bond acceptors (Lipinski definition) is 1. The van der Waals surface area contributed by atoms with Gasteiger partial charge in [-0.05, 0) is 0 Å². The average molecular weight is 233 g/mol. The molecule has 0 aromatic rings. The maximum atomic E-state index is 8.28. The number of rotatable bonds is 0. The van der Waals surface area contributed by atoms with Crippen LogP contribution in [0.4, 0.5) is 0 Å². The van der Waals surface area contributed by atoms with Crippen LogP contribution in [0.15, 0.2) is 0 Å². The first kappa shape index (κ1) is 17.1. The van der Waals surface area contributed by atoms with Crippen LogP contribution >= 0.6 is 0 Å². The van der Waals surface area contributed by atoms with Gasteiger partial charge in [0, 0.05) is 43.4 Å². The summed E-state index contributed by atoms with van der Waals surface area (Å²) in [6.45, 7) is 0. The quantitative estimate of drug-likeness (QED) is 0.502. The van der Waals surface area contributed by atoms with Gasteiger partial charge in [-0.15, -0.1) is 0 Å². The van der Waals surface area contributed by atoms with Crippen LogP contribution in [0.5, 0.6) is 0 Å². The molecule has 0 aromatic carbocycles. The van der Waals surface area contributed by atoms with Gasteiger partial charge in [-0.25, -0.2) is 0 Å². The molecule has 0 amide bonds. The van der Waals surface area contributed by atoms with E-state index in [1.165, 1.54) is 0 Å².